The van der Waals surface area contributed by atoms with Gasteiger partial charge in [0.05, 0.1) is 18.9 Å². The average Bonchev–Trinajstić information content (AvgIpc) is 2.72. The van der Waals surface area contributed by atoms with E-state index in [-0.39, 0.29) is 0 Å². The molecule has 0 amide bonds. The summed E-state index contributed by atoms with van der Waals surface area (Å²) in [6.45, 7) is 2.93. The Morgan fingerprint density at radius 3 is 3.06 bits per heavy atom. The van der Waals surface area contributed by atoms with Crippen molar-refractivity contribution in [3.63, 3.8) is 0 Å². The minimum Gasteiger partial charge on any atom is -0.494 e. The Morgan fingerprint density at radius 1 is 1.53 bits per heavy atom. The standard InChI is InChI=1S/C11H14N4OS/c1-3-6-15-10(13-14-11(15)17)8-4-5-12-7-9(8)16-2/h4-5,7H,3,6H2,1-2H3,(H,14,17). The van der Waals surface area contributed by atoms with E-state index in [0.717, 1.165) is 24.4 Å². The third-order valence-electron chi connectivity index (χ3n) is 2.45. The van der Waals surface area contributed by atoms with Crippen LogP contribution in [0.3, 0.4) is 0 Å². The number of hydrogen-bond acceptors (Lipinski definition) is 4. The van der Waals surface area contributed by atoms with Gasteiger partial charge in [0, 0.05) is 12.7 Å². The minimum absolute atomic E-state index is 0.626. The zero-order valence-electron chi connectivity index (χ0n) is 9.80. The van der Waals surface area contributed by atoms with Crippen molar-refractivity contribution in [3.8, 4) is 17.1 Å². The number of ether oxygens (including phenoxy) is 1. The summed E-state index contributed by atoms with van der Waals surface area (Å²) >= 11 is 5.21. The van der Waals surface area contributed by atoms with Crippen LogP contribution in [-0.2, 0) is 6.54 Å². The summed E-state index contributed by atoms with van der Waals surface area (Å²) in [6.07, 6.45) is 4.38. The van der Waals surface area contributed by atoms with E-state index in [4.69, 9.17) is 17.0 Å². The van der Waals surface area contributed by atoms with Crippen LogP contribution in [0.1, 0.15) is 13.3 Å². The molecule has 17 heavy (non-hydrogen) atoms. The Labute approximate surface area is 104 Å². The zero-order valence-corrected chi connectivity index (χ0v) is 10.6. The molecule has 0 aliphatic carbocycles. The Morgan fingerprint density at radius 2 is 2.35 bits per heavy atom. The lowest BCUT2D eigenvalue weighted by molar-refractivity contribution is 0.414. The Hall–Kier alpha value is -1.69. The first kappa shape index (κ1) is 11.8. The fourth-order valence-electron chi connectivity index (χ4n) is 1.68. The lowest BCUT2D eigenvalue weighted by Gasteiger charge is -2.08. The largest absolute Gasteiger partial charge is 0.494 e. The SMILES string of the molecule is CCCn1c(-c2ccncc2OC)n[nH]c1=S. The molecule has 90 valence electrons. The number of aromatic amines is 1. The van der Waals surface area contributed by atoms with Gasteiger partial charge < -0.3 is 9.30 Å². The molecule has 2 heterocycles. The van der Waals surface area contributed by atoms with Gasteiger partial charge >= 0.3 is 0 Å². The average molecular weight is 250 g/mol. The van der Waals surface area contributed by atoms with E-state index in [0.29, 0.717) is 10.5 Å². The van der Waals surface area contributed by atoms with Crippen molar-refractivity contribution in [2.24, 2.45) is 0 Å². The number of H-pyrrole nitrogens is 1. The molecule has 2 aromatic rings. The quantitative estimate of drug-likeness (QED) is 0.847. The molecule has 0 bridgehead atoms. The van der Waals surface area contributed by atoms with E-state index in [1.807, 2.05) is 10.6 Å². The van der Waals surface area contributed by atoms with Crippen molar-refractivity contribution in [1.82, 2.24) is 19.7 Å². The van der Waals surface area contributed by atoms with Crippen LogP contribution in [-0.4, -0.2) is 26.9 Å². The normalized spacial score (nSPS) is 10.5. The minimum atomic E-state index is 0.626. The van der Waals surface area contributed by atoms with E-state index in [1.54, 1.807) is 19.5 Å². The molecule has 2 rings (SSSR count). The highest BCUT2D eigenvalue weighted by Gasteiger charge is 2.12. The third kappa shape index (κ3) is 2.21. The van der Waals surface area contributed by atoms with Gasteiger partial charge in [-0.3, -0.25) is 10.1 Å². The molecular weight excluding hydrogens is 236 g/mol. The fourth-order valence-corrected chi connectivity index (χ4v) is 1.91. The van der Waals surface area contributed by atoms with Crippen LogP contribution in [0.5, 0.6) is 5.75 Å². The molecule has 0 aliphatic rings. The Bertz CT molecular complexity index is 561. The number of nitrogens with zero attached hydrogens (tertiary/aromatic N) is 3. The van der Waals surface area contributed by atoms with E-state index in [9.17, 15) is 0 Å². The molecule has 2 aromatic heterocycles. The highest BCUT2D eigenvalue weighted by molar-refractivity contribution is 7.71. The summed E-state index contributed by atoms with van der Waals surface area (Å²) in [5.74, 6) is 1.48. The van der Waals surface area contributed by atoms with Crippen molar-refractivity contribution in [2.45, 2.75) is 19.9 Å². The van der Waals surface area contributed by atoms with Crippen LogP contribution >= 0.6 is 12.2 Å². The summed E-state index contributed by atoms with van der Waals surface area (Å²) in [6, 6.07) is 1.87. The topological polar surface area (TPSA) is 55.7 Å². The molecular formula is C11H14N4OS. The summed E-state index contributed by atoms with van der Waals surface area (Å²) in [5.41, 5.74) is 0.892. The highest BCUT2D eigenvalue weighted by Crippen LogP contribution is 2.27. The summed E-state index contributed by atoms with van der Waals surface area (Å²) in [7, 11) is 1.62. The van der Waals surface area contributed by atoms with Crippen molar-refractivity contribution < 1.29 is 4.74 Å². The molecule has 0 saturated heterocycles. The molecule has 0 spiro atoms. The van der Waals surface area contributed by atoms with Gasteiger partial charge in [-0.2, -0.15) is 5.10 Å². The summed E-state index contributed by atoms with van der Waals surface area (Å²) in [5, 5.41) is 7.06. The zero-order chi connectivity index (χ0) is 12.3. The van der Waals surface area contributed by atoms with Gasteiger partial charge in [-0.25, -0.2) is 0 Å². The first-order chi connectivity index (χ1) is 8.27. The molecule has 0 radical (unpaired) electrons. The second-order valence-electron chi connectivity index (χ2n) is 3.58. The van der Waals surface area contributed by atoms with Crippen molar-refractivity contribution in [3.05, 3.63) is 23.2 Å². The van der Waals surface area contributed by atoms with Crippen molar-refractivity contribution in [1.29, 1.82) is 0 Å². The predicted octanol–water partition coefficient (Wildman–Crippen LogP) is 2.42. The number of aromatic nitrogens is 4. The fraction of sp³-hybridized carbons (Fsp3) is 0.364. The number of rotatable bonds is 4. The lowest BCUT2D eigenvalue weighted by Crippen LogP contribution is -2.01. The second-order valence-corrected chi connectivity index (χ2v) is 3.97. The first-order valence-corrected chi connectivity index (χ1v) is 5.82. The maximum atomic E-state index is 5.28. The van der Waals surface area contributed by atoms with Crippen LogP contribution in [0.2, 0.25) is 0 Å². The van der Waals surface area contributed by atoms with E-state index in [1.165, 1.54) is 0 Å². The van der Waals surface area contributed by atoms with Crippen LogP contribution in [0.15, 0.2) is 18.5 Å². The molecule has 5 nitrogen and oxygen atoms in total. The predicted molar refractivity (Wildman–Crippen MR) is 67.5 cm³/mol. The molecule has 0 saturated carbocycles. The van der Waals surface area contributed by atoms with Gasteiger partial charge in [0.25, 0.3) is 0 Å². The van der Waals surface area contributed by atoms with Crippen LogP contribution in [0.25, 0.3) is 11.4 Å². The van der Waals surface area contributed by atoms with Gasteiger partial charge in [0.1, 0.15) is 5.75 Å². The van der Waals surface area contributed by atoms with E-state index < -0.39 is 0 Å². The van der Waals surface area contributed by atoms with E-state index in [2.05, 4.69) is 22.1 Å². The Kier molecular flexibility index (Phi) is 3.53. The molecule has 0 atom stereocenters. The van der Waals surface area contributed by atoms with E-state index >= 15 is 0 Å². The molecule has 0 aromatic carbocycles. The van der Waals surface area contributed by atoms with Crippen LogP contribution in [0, 0.1) is 4.77 Å². The maximum absolute atomic E-state index is 5.28. The Balaban J connectivity index is 2.56. The van der Waals surface area contributed by atoms with Gasteiger partial charge in [-0.15, -0.1) is 0 Å². The monoisotopic (exact) mass is 250 g/mol. The molecule has 0 aliphatic heterocycles. The lowest BCUT2D eigenvalue weighted by atomic mass is 10.2. The van der Waals surface area contributed by atoms with Crippen LogP contribution < -0.4 is 4.74 Å². The number of methoxy groups -OCH3 is 1. The summed E-state index contributed by atoms with van der Waals surface area (Å²) < 4.78 is 7.87. The summed E-state index contributed by atoms with van der Waals surface area (Å²) in [4.78, 5) is 4.03. The molecule has 1 N–H and O–H groups in total. The smallest absolute Gasteiger partial charge is 0.195 e. The molecule has 6 heteroatoms. The number of pyridine rings is 1. The third-order valence-corrected chi connectivity index (χ3v) is 2.76. The maximum Gasteiger partial charge on any atom is 0.195 e. The second kappa shape index (κ2) is 5.09. The number of nitrogens with one attached hydrogen (secondary N) is 1. The first-order valence-electron chi connectivity index (χ1n) is 5.41. The number of hydrogen-bond donors (Lipinski definition) is 1. The van der Waals surface area contributed by atoms with Gasteiger partial charge in [0.15, 0.2) is 10.6 Å². The van der Waals surface area contributed by atoms with Gasteiger partial charge in [-0.1, -0.05) is 6.92 Å². The van der Waals surface area contributed by atoms with Crippen molar-refractivity contribution >= 4 is 12.2 Å². The highest BCUT2D eigenvalue weighted by atomic mass is 32.1. The van der Waals surface area contributed by atoms with Gasteiger partial charge in [0.2, 0.25) is 0 Å². The van der Waals surface area contributed by atoms with Gasteiger partial charge in [-0.05, 0) is 24.7 Å². The molecule has 0 unspecified atom stereocenters. The van der Waals surface area contributed by atoms with Crippen LogP contribution in [0.4, 0.5) is 0 Å². The van der Waals surface area contributed by atoms with Crippen molar-refractivity contribution in [2.75, 3.05) is 7.11 Å². The molecule has 0 fully saturated rings.